The molecule has 20 heavy (non-hydrogen) atoms. The number of carbonyl (C=O) groups is 1. The summed E-state index contributed by atoms with van der Waals surface area (Å²) < 4.78 is 5.56. The van der Waals surface area contributed by atoms with Crippen LogP contribution in [0.2, 0.25) is 10.0 Å². The summed E-state index contributed by atoms with van der Waals surface area (Å²) in [5.41, 5.74) is 2.60. The van der Waals surface area contributed by atoms with Crippen molar-refractivity contribution in [2.45, 2.75) is 6.61 Å². The van der Waals surface area contributed by atoms with Crippen molar-refractivity contribution in [3.63, 3.8) is 0 Å². The van der Waals surface area contributed by atoms with Crippen molar-refractivity contribution in [2.24, 2.45) is 0 Å². The predicted molar refractivity (Wildman–Crippen MR) is 76.5 cm³/mol. The smallest absolute Gasteiger partial charge is 0.274 e. The van der Waals surface area contributed by atoms with E-state index in [0.29, 0.717) is 15.8 Å². The number of carbonyl (C=O) groups excluding carboxylic acids is 1. The van der Waals surface area contributed by atoms with Gasteiger partial charge in [-0.2, -0.15) is 0 Å². The van der Waals surface area contributed by atoms with E-state index in [1.165, 1.54) is 18.2 Å². The molecule has 0 radical (unpaired) electrons. The Kier molecular flexibility index (Phi) is 4.84. The molecule has 104 valence electrons. The zero-order valence-electron chi connectivity index (χ0n) is 10.3. The number of hydrogen-bond donors (Lipinski definition) is 2. The lowest BCUT2D eigenvalue weighted by atomic mass is 10.2. The van der Waals surface area contributed by atoms with Crippen LogP contribution in [0.25, 0.3) is 0 Å². The maximum atomic E-state index is 11.3. The number of benzene rings is 2. The highest BCUT2D eigenvalue weighted by Crippen LogP contribution is 2.27. The topological polar surface area (TPSA) is 58.6 Å². The van der Waals surface area contributed by atoms with Crippen LogP contribution in [0.4, 0.5) is 0 Å². The minimum absolute atomic E-state index is 0.226. The molecule has 0 fully saturated rings. The molecule has 0 saturated heterocycles. The van der Waals surface area contributed by atoms with Crippen molar-refractivity contribution in [2.75, 3.05) is 0 Å². The summed E-state index contributed by atoms with van der Waals surface area (Å²) in [5, 5.41) is 9.56. The zero-order chi connectivity index (χ0) is 14.5. The molecule has 0 aliphatic carbocycles. The van der Waals surface area contributed by atoms with E-state index in [2.05, 4.69) is 0 Å². The Morgan fingerprint density at radius 3 is 2.60 bits per heavy atom. The first-order valence-corrected chi connectivity index (χ1v) is 6.47. The second-order valence-electron chi connectivity index (χ2n) is 3.97. The molecule has 0 bridgehead atoms. The fraction of sp³-hybridized carbons (Fsp3) is 0.0714. The van der Waals surface area contributed by atoms with E-state index >= 15 is 0 Å². The Bertz CT molecular complexity index is 632. The fourth-order valence-corrected chi connectivity index (χ4v) is 1.95. The van der Waals surface area contributed by atoms with Gasteiger partial charge >= 0.3 is 0 Å². The summed E-state index contributed by atoms with van der Waals surface area (Å²) in [5.74, 6) is -0.294. The van der Waals surface area contributed by atoms with Gasteiger partial charge in [0.2, 0.25) is 0 Å². The van der Waals surface area contributed by atoms with Crippen molar-refractivity contribution < 1.29 is 14.7 Å². The van der Waals surface area contributed by atoms with Crippen LogP contribution in [0.5, 0.6) is 5.75 Å². The maximum absolute atomic E-state index is 11.3. The monoisotopic (exact) mass is 311 g/mol. The van der Waals surface area contributed by atoms with E-state index in [9.17, 15) is 4.79 Å². The molecule has 4 nitrogen and oxygen atoms in total. The predicted octanol–water partition coefficient (Wildman–Crippen LogP) is 3.69. The lowest BCUT2D eigenvalue weighted by molar-refractivity contribution is 0.0706. The van der Waals surface area contributed by atoms with Crippen molar-refractivity contribution >= 4 is 29.1 Å². The van der Waals surface area contributed by atoms with Gasteiger partial charge in [-0.25, -0.2) is 5.48 Å². The van der Waals surface area contributed by atoms with Crippen LogP contribution >= 0.6 is 23.2 Å². The van der Waals surface area contributed by atoms with Crippen LogP contribution in [0.1, 0.15) is 15.9 Å². The molecule has 0 unspecified atom stereocenters. The minimum atomic E-state index is -0.635. The van der Waals surface area contributed by atoms with E-state index in [1.54, 1.807) is 11.5 Å². The second kappa shape index (κ2) is 6.61. The highest BCUT2D eigenvalue weighted by Gasteiger charge is 2.09. The molecule has 0 heterocycles. The SMILES string of the molecule is O=C(NO)c1ccc(Cl)c(OCc2ccccc2Cl)c1. The molecule has 2 aromatic rings. The first-order chi connectivity index (χ1) is 9.61. The van der Waals surface area contributed by atoms with E-state index in [-0.39, 0.29) is 12.2 Å². The standard InChI is InChI=1S/C14H11Cl2NO3/c15-11-4-2-1-3-10(11)8-20-13-7-9(14(18)17-19)5-6-12(13)16/h1-7,19H,8H2,(H,17,18). The summed E-state index contributed by atoms with van der Waals surface area (Å²) in [4.78, 5) is 11.3. The van der Waals surface area contributed by atoms with Crippen LogP contribution in [-0.2, 0) is 6.61 Å². The number of rotatable bonds is 4. The first kappa shape index (κ1) is 14.7. The van der Waals surface area contributed by atoms with Crippen molar-refractivity contribution in [3.05, 3.63) is 63.6 Å². The number of hydroxylamine groups is 1. The Labute approximate surface area is 125 Å². The molecule has 0 aliphatic rings. The fourth-order valence-electron chi connectivity index (χ4n) is 1.59. The van der Waals surface area contributed by atoms with Gasteiger partial charge in [-0.15, -0.1) is 0 Å². The van der Waals surface area contributed by atoms with Gasteiger partial charge in [-0.3, -0.25) is 10.0 Å². The normalized spacial score (nSPS) is 10.2. The maximum Gasteiger partial charge on any atom is 0.274 e. The molecule has 0 aliphatic heterocycles. The van der Waals surface area contributed by atoms with Crippen molar-refractivity contribution in [3.8, 4) is 5.75 Å². The number of ether oxygens (including phenoxy) is 1. The molecule has 0 atom stereocenters. The second-order valence-corrected chi connectivity index (χ2v) is 4.78. The Balaban J connectivity index is 2.17. The summed E-state index contributed by atoms with van der Waals surface area (Å²) in [6.07, 6.45) is 0. The number of halogens is 2. The average Bonchev–Trinajstić information content (AvgIpc) is 2.47. The number of nitrogens with one attached hydrogen (secondary N) is 1. The van der Waals surface area contributed by atoms with Crippen molar-refractivity contribution in [1.29, 1.82) is 0 Å². The molecule has 0 spiro atoms. The first-order valence-electron chi connectivity index (χ1n) is 5.72. The minimum Gasteiger partial charge on any atom is -0.487 e. The lowest BCUT2D eigenvalue weighted by Crippen LogP contribution is -2.18. The average molecular weight is 312 g/mol. The third-order valence-electron chi connectivity index (χ3n) is 2.64. The van der Waals surface area contributed by atoms with Crippen molar-refractivity contribution in [1.82, 2.24) is 5.48 Å². The molecular weight excluding hydrogens is 301 g/mol. The lowest BCUT2D eigenvalue weighted by Gasteiger charge is -2.10. The van der Waals surface area contributed by atoms with Gasteiger partial charge in [0, 0.05) is 16.1 Å². The summed E-state index contributed by atoms with van der Waals surface area (Å²) >= 11 is 12.0. The van der Waals surface area contributed by atoms with Gasteiger partial charge in [0.25, 0.3) is 5.91 Å². The number of hydrogen-bond acceptors (Lipinski definition) is 3. The van der Waals surface area contributed by atoms with Gasteiger partial charge in [0.1, 0.15) is 12.4 Å². The van der Waals surface area contributed by atoms with Crippen LogP contribution in [-0.4, -0.2) is 11.1 Å². The quantitative estimate of drug-likeness (QED) is 0.668. The van der Waals surface area contributed by atoms with Gasteiger partial charge in [0.05, 0.1) is 5.02 Å². The van der Waals surface area contributed by atoms with Gasteiger partial charge in [-0.05, 0) is 24.3 Å². The van der Waals surface area contributed by atoms with Gasteiger partial charge in [-0.1, -0.05) is 41.4 Å². The molecular formula is C14H11Cl2NO3. The highest BCUT2D eigenvalue weighted by molar-refractivity contribution is 6.32. The third kappa shape index (κ3) is 3.42. The highest BCUT2D eigenvalue weighted by atomic mass is 35.5. The zero-order valence-corrected chi connectivity index (χ0v) is 11.8. The molecule has 0 aromatic heterocycles. The van der Waals surface area contributed by atoms with Gasteiger partial charge in [0.15, 0.2) is 0 Å². The molecule has 1 amide bonds. The summed E-state index contributed by atoms with van der Waals surface area (Å²) in [6.45, 7) is 0.226. The summed E-state index contributed by atoms with van der Waals surface area (Å²) in [6, 6.07) is 11.7. The molecule has 2 N–H and O–H groups in total. The van der Waals surface area contributed by atoms with Crippen LogP contribution in [0.15, 0.2) is 42.5 Å². The Morgan fingerprint density at radius 1 is 1.15 bits per heavy atom. The largest absolute Gasteiger partial charge is 0.487 e. The van der Waals surface area contributed by atoms with E-state index < -0.39 is 5.91 Å². The number of amides is 1. The molecule has 6 heteroatoms. The third-order valence-corrected chi connectivity index (χ3v) is 3.32. The van der Waals surface area contributed by atoms with Crippen LogP contribution < -0.4 is 10.2 Å². The summed E-state index contributed by atoms with van der Waals surface area (Å²) in [7, 11) is 0. The van der Waals surface area contributed by atoms with Crippen LogP contribution in [0, 0.1) is 0 Å². The molecule has 2 rings (SSSR count). The van der Waals surface area contributed by atoms with E-state index in [1.807, 2.05) is 18.2 Å². The Hall–Kier alpha value is -1.75. The molecule has 0 saturated carbocycles. The van der Waals surface area contributed by atoms with E-state index in [0.717, 1.165) is 5.56 Å². The van der Waals surface area contributed by atoms with Crippen LogP contribution in [0.3, 0.4) is 0 Å². The van der Waals surface area contributed by atoms with E-state index in [4.69, 9.17) is 33.1 Å². The van der Waals surface area contributed by atoms with Gasteiger partial charge < -0.3 is 4.74 Å². The molecule has 2 aromatic carbocycles. The Morgan fingerprint density at radius 2 is 1.90 bits per heavy atom.